The van der Waals surface area contributed by atoms with Crippen LogP contribution in [0.2, 0.25) is 15.1 Å². The molecule has 0 fully saturated rings. The van der Waals surface area contributed by atoms with Gasteiger partial charge < -0.3 is 5.32 Å². The number of anilines is 1. The monoisotopic (exact) mass is 476 g/mol. The number of nitrogens with one attached hydrogen (secondary N) is 1. The van der Waals surface area contributed by atoms with Crippen LogP contribution in [-0.4, -0.2) is 33.7 Å². The van der Waals surface area contributed by atoms with Gasteiger partial charge in [-0.1, -0.05) is 72.1 Å². The van der Waals surface area contributed by atoms with Crippen LogP contribution < -0.4 is 9.62 Å². The lowest BCUT2D eigenvalue weighted by molar-refractivity contribution is -0.121. The van der Waals surface area contributed by atoms with Crippen LogP contribution in [-0.2, 0) is 14.8 Å². The van der Waals surface area contributed by atoms with E-state index >= 15 is 0 Å². The average molecular weight is 478 g/mol. The number of rotatable bonds is 9. The molecule has 0 aliphatic heterocycles. The van der Waals surface area contributed by atoms with Crippen molar-refractivity contribution in [2.45, 2.75) is 25.7 Å². The number of nitrogens with zero attached hydrogens (tertiary/aromatic N) is 1. The summed E-state index contributed by atoms with van der Waals surface area (Å²) >= 11 is 18.1. The van der Waals surface area contributed by atoms with Crippen LogP contribution in [0, 0.1) is 0 Å². The van der Waals surface area contributed by atoms with Crippen molar-refractivity contribution in [2.75, 3.05) is 23.7 Å². The minimum absolute atomic E-state index is 0.0954. The summed E-state index contributed by atoms with van der Waals surface area (Å²) in [6.45, 7) is 2.64. The Labute approximate surface area is 187 Å². The Bertz CT molecular complexity index is 953. The molecule has 0 saturated carbocycles. The lowest BCUT2D eigenvalue weighted by atomic mass is 10.0. The summed E-state index contributed by atoms with van der Waals surface area (Å²) in [7, 11) is -3.61. The molecule has 1 N–H and O–H groups in total. The van der Waals surface area contributed by atoms with Crippen molar-refractivity contribution in [3.8, 4) is 0 Å². The number of carbonyl (C=O) groups excluding carboxylic acids is 1. The van der Waals surface area contributed by atoms with E-state index in [0.29, 0.717) is 13.0 Å². The van der Waals surface area contributed by atoms with Gasteiger partial charge in [0, 0.05) is 19.5 Å². The van der Waals surface area contributed by atoms with Crippen LogP contribution in [0.1, 0.15) is 31.2 Å². The first-order valence-corrected chi connectivity index (χ1v) is 12.0. The predicted octanol–water partition coefficient (Wildman–Crippen LogP) is 5.11. The molecule has 0 aliphatic carbocycles. The second-order valence-corrected chi connectivity index (χ2v) is 9.90. The molecular weight excluding hydrogens is 455 g/mol. The molecule has 2 rings (SSSR count). The third kappa shape index (κ3) is 7.07. The van der Waals surface area contributed by atoms with Crippen LogP contribution in [0.15, 0.2) is 42.5 Å². The molecular formula is C20H23Cl3N2O3S. The topological polar surface area (TPSA) is 66.5 Å². The van der Waals surface area contributed by atoms with E-state index in [4.69, 9.17) is 34.8 Å². The van der Waals surface area contributed by atoms with Gasteiger partial charge in [-0.3, -0.25) is 9.10 Å². The highest BCUT2D eigenvalue weighted by atomic mass is 35.5. The maximum absolute atomic E-state index is 12.2. The first kappa shape index (κ1) is 23.8. The third-order valence-corrected chi connectivity index (χ3v) is 6.60. The van der Waals surface area contributed by atoms with Gasteiger partial charge in [0.1, 0.15) is 0 Å². The minimum atomic E-state index is -3.61. The molecule has 0 unspecified atom stereocenters. The Hall–Kier alpha value is -1.47. The van der Waals surface area contributed by atoms with E-state index in [1.807, 2.05) is 37.3 Å². The second kappa shape index (κ2) is 10.5. The highest BCUT2D eigenvalue weighted by Crippen LogP contribution is 2.35. The Morgan fingerprint density at radius 2 is 1.69 bits per heavy atom. The summed E-state index contributed by atoms with van der Waals surface area (Å²) < 4.78 is 25.6. The van der Waals surface area contributed by atoms with E-state index in [0.717, 1.165) is 16.1 Å². The molecule has 0 radical (unpaired) electrons. The number of carbonyl (C=O) groups is 1. The molecule has 29 heavy (non-hydrogen) atoms. The quantitative estimate of drug-likeness (QED) is 0.510. The second-order valence-electron chi connectivity index (χ2n) is 6.77. The van der Waals surface area contributed by atoms with Crippen molar-refractivity contribution in [3.63, 3.8) is 0 Å². The highest BCUT2D eigenvalue weighted by molar-refractivity contribution is 7.92. The molecule has 0 aliphatic rings. The van der Waals surface area contributed by atoms with E-state index < -0.39 is 10.0 Å². The number of halogens is 3. The van der Waals surface area contributed by atoms with E-state index in [9.17, 15) is 13.2 Å². The van der Waals surface area contributed by atoms with E-state index in [-0.39, 0.29) is 45.5 Å². The van der Waals surface area contributed by atoms with Gasteiger partial charge >= 0.3 is 0 Å². The molecule has 0 spiro atoms. The van der Waals surface area contributed by atoms with Gasteiger partial charge in [0.25, 0.3) is 0 Å². The lowest BCUT2D eigenvalue weighted by Crippen LogP contribution is -2.33. The fraction of sp³-hybridized carbons (Fsp3) is 0.350. The van der Waals surface area contributed by atoms with Crippen LogP contribution >= 0.6 is 34.8 Å². The number of sulfonamides is 1. The first-order valence-electron chi connectivity index (χ1n) is 9.03. The molecule has 158 valence electrons. The third-order valence-electron chi connectivity index (χ3n) is 4.40. The number of hydrogen-bond acceptors (Lipinski definition) is 3. The largest absolute Gasteiger partial charge is 0.356 e. The standard InChI is InChI=1S/C20H23Cl3N2O3S/c1-14(15-7-4-3-5-8-15)13-24-20(26)9-6-10-25(29(2,27)28)19-12-17(22)16(21)11-18(19)23/h3-5,7-8,11-12,14H,6,9-10,13H2,1-2H3,(H,24,26)/t14-/m0/s1. The van der Waals surface area contributed by atoms with Crippen molar-refractivity contribution in [1.29, 1.82) is 0 Å². The lowest BCUT2D eigenvalue weighted by Gasteiger charge is -2.24. The fourth-order valence-electron chi connectivity index (χ4n) is 2.81. The SMILES string of the molecule is C[C@@H](CNC(=O)CCCN(c1cc(Cl)c(Cl)cc1Cl)S(C)(=O)=O)c1ccccc1. The average Bonchev–Trinajstić information content (AvgIpc) is 2.66. The summed E-state index contributed by atoms with van der Waals surface area (Å²) in [4.78, 5) is 12.2. The fourth-order valence-corrected chi connectivity index (χ4v) is 4.47. The van der Waals surface area contributed by atoms with E-state index in [2.05, 4.69) is 5.32 Å². The zero-order valence-corrected chi connectivity index (χ0v) is 19.2. The van der Waals surface area contributed by atoms with Crippen LogP contribution in [0.25, 0.3) is 0 Å². The molecule has 1 atom stereocenters. The van der Waals surface area contributed by atoms with Crippen LogP contribution in [0.3, 0.4) is 0 Å². The van der Waals surface area contributed by atoms with Gasteiger partial charge in [-0.2, -0.15) is 0 Å². The van der Waals surface area contributed by atoms with Gasteiger partial charge in [0.05, 0.1) is 27.0 Å². The van der Waals surface area contributed by atoms with Gasteiger partial charge in [-0.25, -0.2) is 8.42 Å². The molecule has 2 aromatic carbocycles. The highest BCUT2D eigenvalue weighted by Gasteiger charge is 2.21. The summed E-state index contributed by atoms with van der Waals surface area (Å²) in [6.07, 6.45) is 1.59. The zero-order valence-electron chi connectivity index (χ0n) is 16.2. The summed E-state index contributed by atoms with van der Waals surface area (Å²) in [5, 5.41) is 3.50. The Kier molecular flexibility index (Phi) is 8.64. The number of amides is 1. The molecule has 5 nitrogen and oxygen atoms in total. The van der Waals surface area contributed by atoms with Gasteiger partial charge in [-0.05, 0) is 30.0 Å². The van der Waals surface area contributed by atoms with Gasteiger partial charge in [0.15, 0.2) is 0 Å². The van der Waals surface area contributed by atoms with E-state index in [1.54, 1.807) is 0 Å². The molecule has 9 heteroatoms. The zero-order chi connectivity index (χ0) is 21.6. The Morgan fingerprint density at radius 1 is 1.07 bits per heavy atom. The number of hydrogen-bond donors (Lipinski definition) is 1. The maximum atomic E-state index is 12.2. The van der Waals surface area contributed by atoms with Gasteiger partial charge in [0.2, 0.25) is 15.9 Å². The maximum Gasteiger partial charge on any atom is 0.232 e. The first-order chi connectivity index (χ1) is 13.6. The Morgan fingerprint density at radius 3 is 2.31 bits per heavy atom. The Balaban J connectivity index is 1.94. The summed E-state index contributed by atoms with van der Waals surface area (Å²) in [5.41, 5.74) is 1.38. The predicted molar refractivity (Wildman–Crippen MR) is 121 cm³/mol. The molecule has 0 aromatic heterocycles. The van der Waals surface area contributed by atoms with Crippen LogP contribution in [0.5, 0.6) is 0 Å². The van der Waals surface area contributed by atoms with Crippen molar-refractivity contribution in [1.82, 2.24) is 5.32 Å². The number of benzene rings is 2. The molecule has 0 saturated heterocycles. The van der Waals surface area contributed by atoms with Gasteiger partial charge in [-0.15, -0.1) is 0 Å². The molecule has 2 aromatic rings. The van der Waals surface area contributed by atoms with Crippen LogP contribution in [0.4, 0.5) is 5.69 Å². The summed E-state index contributed by atoms with van der Waals surface area (Å²) in [6, 6.07) is 12.7. The molecule has 0 bridgehead atoms. The molecule has 1 amide bonds. The molecule has 0 heterocycles. The van der Waals surface area contributed by atoms with Crippen molar-refractivity contribution >= 4 is 56.4 Å². The summed E-state index contributed by atoms with van der Waals surface area (Å²) in [5.74, 6) is 0.0455. The smallest absolute Gasteiger partial charge is 0.232 e. The van der Waals surface area contributed by atoms with E-state index in [1.165, 1.54) is 12.1 Å². The minimum Gasteiger partial charge on any atom is -0.356 e. The van der Waals surface area contributed by atoms with Crippen molar-refractivity contribution < 1.29 is 13.2 Å². The normalized spacial score (nSPS) is 12.4. The van der Waals surface area contributed by atoms with Crippen molar-refractivity contribution in [3.05, 3.63) is 63.1 Å². The van der Waals surface area contributed by atoms with Crippen molar-refractivity contribution in [2.24, 2.45) is 0 Å².